The van der Waals surface area contributed by atoms with E-state index in [1.807, 2.05) is 26.8 Å². The van der Waals surface area contributed by atoms with Crippen LogP contribution in [0.25, 0.3) is 0 Å². The van der Waals surface area contributed by atoms with Crippen molar-refractivity contribution in [1.29, 1.82) is 0 Å². The molecule has 1 N–H and O–H groups in total. The van der Waals surface area contributed by atoms with Crippen LogP contribution >= 0.6 is 11.6 Å². The number of benzene rings is 1. The Morgan fingerprint density at radius 2 is 1.96 bits per heavy atom. The third-order valence-electron chi connectivity index (χ3n) is 3.22. The highest BCUT2D eigenvalue weighted by Gasteiger charge is 2.12. The van der Waals surface area contributed by atoms with Crippen molar-refractivity contribution in [3.63, 3.8) is 0 Å². The zero-order valence-corrected chi connectivity index (χ0v) is 15.0. The predicted octanol–water partition coefficient (Wildman–Crippen LogP) is 3.66. The summed E-state index contributed by atoms with van der Waals surface area (Å²) in [6, 6.07) is 4.88. The van der Waals surface area contributed by atoms with Crippen LogP contribution in [0.3, 0.4) is 0 Å². The first-order valence-electron chi connectivity index (χ1n) is 7.82. The van der Waals surface area contributed by atoms with Gasteiger partial charge in [0.25, 0.3) is 5.91 Å². The molecule has 0 aliphatic heterocycles. The Labute approximate surface area is 147 Å². The monoisotopic (exact) mass is 350 g/mol. The van der Waals surface area contributed by atoms with E-state index in [-0.39, 0.29) is 18.4 Å². The lowest BCUT2D eigenvalue weighted by atomic mass is 10.3. The molecule has 0 saturated carbocycles. The second kappa shape index (κ2) is 10.5. The summed E-state index contributed by atoms with van der Waals surface area (Å²) in [5.74, 6) is 0.0525. The minimum absolute atomic E-state index is 0.0702. The number of nitrogens with zero attached hydrogens (tertiary/aromatic N) is 1. The van der Waals surface area contributed by atoms with Crippen molar-refractivity contribution >= 4 is 29.1 Å². The van der Waals surface area contributed by atoms with Gasteiger partial charge in [0, 0.05) is 24.9 Å². The van der Waals surface area contributed by atoms with E-state index >= 15 is 0 Å². The van der Waals surface area contributed by atoms with E-state index in [1.54, 1.807) is 35.3 Å². The summed E-state index contributed by atoms with van der Waals surface area (Å²) in [5, 5.41) is 3.03. The van der Waals surface area contributed by atoms with Crippen LogP contribution in [-0.4, -0.2) is 36.4 Å². The summed E-state index contributed by atoms with van der Waals surface area (Å²) in [4.78, 5) is 25.3. The van der Waals surface area contributed by atoms with Gasteiger partial charge < -0.3 is 15.0 Å². The fraction of sp³-hybridized carbons (Fsp3) is 0.333. The number of anilines is 1. The van der Waals surface area contributed by atoms with E-state index in [4.69, 9.17) is 16.3 Å². The topological polar surface area (TPSA) is 58.6 Å². The van der Waals surface area contributed by atoms with Gasteiger partial charge in [-0.3, -0.25) is 9.59 Å². The van der Waals surface area contributed by atoms with Gasteiger partial charge in [0.05, 0.1) is 5.02 Å². The molecular formula is C18H23ClN2O3. The van der Waals surface area contributed by atoms with Gasteiger partial charge in [0.15, 0.2) is 6.61 Å². The Balaban J connectivity index is 2.64. The van der Waals surface area contributed by atoms with Crippen LogP contribution in [0.1, 0.15) is 20.8 Å². The molecule has 1 rings (SSSR count). The second-order valence-corrected chi connectivity index (χ2v) is 5.28. The molecule has 0 atom stereocenters. The van der Waals surface area contributed by atoms with E-state index < -0.39 is 0 Å². The SMILES string of the molecule is CC=CC=CC(=O)Nc1ccc(OCC(=O)N(CC)CC)c(Cl)c1. The molecule has 6 heteroatoms. The zero-order chi connectivity index (χ0) is 17.9. The highest BCUT2D eigenvalue weighted by atomic mass is 35.5. The molecule has 5 nitrogen and oxygen atoms in total. The Hall–Kier alpha value is -2.27. The quantitative estimate of drug-likeness (QED) is 0.575. The number of halogens is 1. The van der Waals surface area contributed by atoms with E-state index in [9.17, 15) is 9.59 Å². The largest absolute Gasteiger partial charge is 0.482 e. The van der Waals surface area contributed by atoms with Gasteiger partial charge in [-0.05, 0) is 39.0 Å². The maximum absolute atomic E-state index is 11.9. The van der Waals surface area contributed by atoms with Gasteiger partial charge in [-0.15, -0.1) is 0 Å². The minimum Gasteiger partial charge on any atom is -0.482 e. The molecule has 0 aliphatic rings. The summed E-state index contributed by atoms with van der Waals surface area (Å²) in [6.45, 7) is 6.90. The number of hydrogen-bond donors (Lipinski definition) is 1. The number of allylic oxidation sites excluding steroid dienone is 3. The van der Waals surface area contributed by atoms with E-state index in [1.165, 1.54) is 6.08 Å². The van der Waals surface area contributed by atoms with Gasteiger partial charge in [-0.1, -0.05) is 29.8 Å². The Bertz CT molecular complexity index is 623. The molecule has 130 valence electrons. The number of hydrogen-bond acceptors (Lipinski definition) is 3. The maximum atomic E-state index is 11.9. The van der Waals surface area contributed by atoms with E-state index in [0.717, 1.165) is 0 Å². The molecule has 0 saturated heterocycles. The highest BCUT2D eigenvalue weighted by molar-refractivity contribution is 6.32. The number of nitrogens with one attached hydrogen (secondary N) is 1. The van der Waals surface area contributed by atoms with E-state index in [0.29, 0.717) is 29.5 Å². The summed E-state index contributed by atoms with van der Waals surface area (Å²) in [6.07, 6.45) is 6.65. The smallest absolute Gasteiger partial charge is 0.260 e. The molecule has 0 spiro atoms. The van der Waals surface area contributed by atoms with Gasteiger partial charge in [0.2, 0.25) is 5.91 Å². The van der Waals surface area contributed by atoms with Gasteiger partial charge in [0.1, 0.15) is 5.75 Å². The number of ether oxygens (including phenoxy) is 1. The first-order valence-corrected chi connectivity index (χ1v) is 8.20. The van der Waals surface area contributed by atoms with Crippen LogP contribution < -0.4 is 10.1 Å². The Kier molecular flexibility index (Phi) is 8.65. The lowest BCUT2D eigenvalue weighted by Gasteiger charge is -2.19. The van der Waals surface area contributed by atoms with Crippen LogP contribution in [0.2, 0.25) is 5.02 Å². The molecule has 0 fully saturated rings. The van der Waals surface area contributed by atoms with Crippen LogP contribution in [0.5, 0.6) is 5.75 Å². The fourth-order valence-corrected chi connectivity index (χ4v) is 2.18. The molecule has 0 radical (unpaired) electrons. The summed E-state index contributed by atoms with van der Waals surface area (Å²) < 4.78 is 5.46. The standard InChI is InChI=1S/C18H23ClN2O3/c1-4-7-8-9-17(22)20-14-10-11-16(15(19)12-14)24-13-18(23)21(5-2)6-3/h4,7-12H,5-6,13H2,1-3H3,(H,20,22). The second-order valence-electron chi connectivity index (χ2n) is 4.87. The molecule has 1 aromatic carbocycles. The Morgan fingerprint density at radius 3 is 2.54 bits per heavy atom. The third kappa shape index (κ3) is 6.46. The van der Waals surface area contributed by atoms with Crippen molar-refractivity contribution in [2.24, 2.45) is 0 Å². The summed E-state index contributed by atoms with van der Waals surface area (Å²) >= 11 is 6.14. The lowest BCUT2D eigenvalue weighted by molar-refractivity contribution is -0.133. The molecule has 24 heavy (non-hydrogen) atoms. The number of rotatable bonds is 8. The van der Waals surface area contributed by atoms with Gasteiger partial charge in [-0.25, -0.2) is 0 Å². The number of carbonyl (C=O) groups is 2. The first-order chi connectivity index (χ1) is 11.5. The molecule has 2 amide bonds. The fourth-order valence-electron chi connectivity index (χ4n) is 1.94. The lowest BCUT2D eigenvalue weighted by Crippen LogP contribution is -2.34. The maximum Gasteiger partial charge on any atom is 0.260 e. The summed E-state index contributed by atoms with van der Waals surface area (Å²) in [5.41, 5.74) is 0.553. The normalized spacial score (nSPS) is 11.0. The highest BCUT2D eigenvalue weighted by Crippen LogP contribution is 2.27. The van der Waals surface area contributed by atoms with Crippen molar-refractivity contribution in [2.45, 2.75) is 20.8 Å². The number of carbonyl (C=O) groups excluding carboxylic acids is 2. The molecule has 0 aromatic heterocycles. The van der Waals surface area contributed by atoms with Crippen molar-refractivity contribution < 1.29 is 14.3 Å². The predicted molar refractivity (Wildman–Crippen MR) is 97.5 cm³/mol. The molecule has 0 unspecified atom stereocenters. The number of amides is 2. The molecule has 0 aliphatic carbocycles. The van der Waals surface area contributed by atoms with Crippen LogP contribution in [0.4, 0.5) is 5.69 Å². The minimum atomic E-state index is -0.255. The van der Waals surface area contributed by atoms with Crippen LogP contribution in [0.15, 0.2) is 42.5 Å². The van der Waals surface area contributed by atoms with Crippen LogP contribution in [0, 0.1) is 0 Å². The van der Waals surface area contributed by atoms with Crippen molar-refractivity contribution in [3.8, 4) is 5.75 Å². The molecule has 0 heterocycles. The number of likely N-dealkylation sites (N-methyl/N-ethyl adjacent to an activating group) is 1. The van der Waals surface area contributed by atoms with Gasteiger partial charge >= 0.3 is 0 Å². The van der Waals surface area contributed by atoms with E-state index in [2.05, 4.69) is 5.32 Å². The first kappa shape index (κ1) is 19.8. The molecular weight excluding hydrogens is 328 g/mol. The van der Waals surface area contributed by atoms with Crippen molar-refractivity contribution in [3.05, 3.63) is 47.5 Å². The Morgan fingerprint density at radius 1 is 1.25 bits per heavy atom. The van der Waals surface area contributed by atoms with Gasteiger partial charge in [-0.2, -0.15) is 0 Å². The zero-order valence-electron chi connectivity index (χ0n) is 14.2. The third-order valence-corrected chi connectivity index (χ3v) is 3.51. The average molecular weight is 351 g/mol. The van der Waals surface area contributed by atoms with Crippen LogP contribution in [-0.2, 0) is 9.59 Å². The molecule has 0 bridgehead atoms. The van der Waals surface area contributed by atoms with Crippen molar-refractivity contribution in [1.82, 2.24) is 4.90 Å². The molecule has 1 aromatic rings. The summed E-state index contributed by atoms with van der Waals surface area (Å²) in [7, 11) is 0. The average Bonchev–Trinajstić information content (AvgIpc) is 2.55. The van der Waals surface area contributed by atoms with Crippen molar-refractivity contribution in [2.75, 3.05) is 25.0 Å².